The van der Waals surface area contributed by atoms with Crippen molar-refractivity contribution >= 4 is 34.4 Å². The fraction of sp³-hybridized carbons (Fsp3) is 0.188. The van der Waals surface area contributed by atoms with E-state index in [1.54, 1.807) is 25.1 Å². The van der Waals surface area contributed by atoms with Gasteiger partial charge in [0, 0.05) is 6.08 Å². The Morgan fingerprint density at radius 2 is 2.12 bits per heavy atom. The molecule has 1 amide bonds. The van der Waals surface area contributed by atoms with E-state index >= 15 is 0 Å². The van der Waals surface area contributed by atoms with Gasteiger partial charge in [0.05, 0.1) is 12.8 Å². The highest BCUT2D eigenvalue weighted by molar-refractivity contribution is 7.17. The SMILES string of the molecule is COC(=O)c1sc(NC(=O)/C=C/c2ccc3c(c2)OCO3)nc1C. The van der Waals surface area contributed by atoms with E-state index in [1.807, 2.05) is 6.07 Å². The molecule has 0 spiro atoms. The topological polar surface area (TPSA) is 86.8 Å². The summed E-state index contributed by atoms with van der Waals surface area (Å²) in [7, 11) is 1.30. The number of thiazole rings is 1. The third-order valence-corrected chi connectivity index (χ3v) is 4.27. The van der Waals surface area contributed by atoms with Crippen molar-refractivity contribution in [2.24, 2.45) is 0 Å². The van der Waals surface area contributed by atoms with E-state index in [2.05, 4.69) is 15.0 Å². The summed E-state index contributed by atoms with van der Waals surface area (Å²) in [5, 5.41) is 2.96. The van der Waals surface area contributed by atoms with E-state index in [9.17, 15) is 9.59 Å². The Morgan fingerprint density at radius 1 is 1.33 bits per heavy atom. The molecule has 0 saturated heterocycles. The van der Waals surface area contributed by atoms with Crippen LogP contribution in [0.1, 0.15) is 20.9 Å². The standard InChI is InChI=1S/C16H14N2O5S/c1-9-14(15(20)21-2)24-16(17-9)18-13(19)6-4-10-3-5-11-12(7-10)23-8-22-11/h3-7H,8H2,1-2H3,(H,17,18,19)/b6-4+. The van der Waals surface area contributed by atoms with E-state index < -0.39 is 5.97 Å². The lowest BCUT2D eigenvalue weighted by Crippen LogP contribution is -2.07. The minimum Gasteiger partial charge on any atom is -0.465 e. The fourth-order valence-corrected chi connectivity index (χ4v) is 2.96. The first-order chi connectivity index (χ1) is 11.6. The molecule has 8 heteroatoms. The van der Waals surface area contributed by atoms with Crippen molar-refractivity contribution < 1.29 is 23.8 Å². The summed E-state index contributed by atoms with van der Waals surface area (Å²) in [6.07, 6.45) is 3.03. The molecule has 2 heterocycles. The lowest BCUT2D eigenvalue weighted by atomic mass is 10.2. The third kappa shape index (κ3) is 3.38. The molecule has 0 fully saturated rings. The van der Waals surface area contributed by atoms with Crippen molar-refractivity contribution in [1.29, 1.82) is 0 Å². The Morgan fingerprint density at radius 3 is 2.92 bits per heavy atom. The van der Waals surface area contributed by atoms with Crippen LogP contribution in [0.15, 0.2) is 24.3 Å². The normalized spacial score (nSPS) is 12.4. The predicted octanol–water partition coefficient (Wildman–Crippen LogP) is 2.62. The highest BCUT2D eigenvalue weighted by Crippen LogP contribution is 2.32. The highest BCUT2D eigenvalue weighted by Gasteiger charge is 2.16. The van der Waals surface area contributed by atoms with E-state index in [-0.39, 0.29) is 12.7 Å². The molecule has 1 aromatic heterocycles. The monoisotopic (exact) mass is 346 g/mol. The van der Waals surface area contributed by atoms with Crippen molar-refractivity contribution in [1.82, 2.24) is 4.98 Å². The van der Waals surface area contributed by atoms with Crippen molar-refractivity contribution in [2.45, 2.75) is 6.92 Å². The number of carbonyl (C=O) groups is 2. The molecule has 0 radical (unpaired) electrons. The first-order valence-electron chi connectivity index (χ1n) is 7.01. The van der Waals surface area contributed by atoms with Gasteiger partial charge < -0.3 is 14.2 Å². The van der Waals surface area contributed by atoms with Gasteiger partial charge in [0.2, 0.25) is 12.7 Å². The molecule has 0 atom stereocenters. The molecule has 2 aromatic rings. The van der Waals surface area contributed by atoms with Gasteiger partial charge in [-0.05, 0) is 30.7 Å². The van der Waals surface area contributed by atoms with Crippen LogP contribution in [0.3, 0.4) is 0 Å². The Kier molecular flexibility index (Phi) is 4.48. The molecule has 0 unspecified atom stereocenters. The number of carbonyl (C=O) groups excluding carboxylic acids is 2. The van der Waals surface area contributed by atoms with E-state index in [1.165, 1.54) is 13.2 Å². The molecule has 3 rings (SSSR count). The van der Waals surface area contributed by atoms with Gasteiger partial charge in [-0.25, -0.2) is 9.78 Å². The predicted molar refractivity (Wildman–Crippen MR) is 88.4 cm³/mol. The molecule has 1 N–H and O–H groups in total. The van der Waals surface area contributed by atoms with E-state index in [0.717, 1.165) is 16.9 Å². The minimum atomic E-state index is -0.471. The van der Waals surface area contributed by atoms with Crippen LogP contribution in [0.25, 0.3) is 6.08 Å². The lowest BCUT2D eigenvalue weighted by molar-refractivity contribution is -0.111. The number of ether oxygens (including phenoxy) is 3. The number of nitrogens with one attached hydrogen (secondary N) is 1. The second-order valence-electron chi connectivity index (χ2n) is 4.86. The van der Waals surface area contributed by atoms with Gasteiger partial charge in [-0.1, -0.05) is 17.4 Å². The van der Waals surface area contributed by atoms with Crippen LogP contribution in [0.5, 0.6) is 11.5 Å². The van der Waals surface area contributed by atoms with Gasteiger partial charge in [0.15, 0.2) is 16.6 Å². The number of rotatable bonds is 4. The van der Waals surface area contributed by atoms with Crippen molar-refractivity contribution in [2.75, 3.05) is 19.2 Å². The summed E-state index contributed by atoms with van der Waals surface area (Å²) in [5.41, 5.74) is 1.32. The van der Waals surface area contributed by atoms with Crippen LogP contribution in [0, 0.1) is 6.92 Å². The maximum absolute atomic E-state index is 12.0. The van der Waals surface area contributed by atoms with Crippen LogP contribution in [0.4, 0.5) is 5.13 Å². The van der Waals surface area contributed by atoms with Crippen LogP contribution in [-0.2, 0) is 9.53 Å². The maximum atomic E-state index is 12.0. The fourth-order valence-electron chi connectivity index (χ4n) is 2.07. The van der Waals surface area contributed by atoms with Gasteiger partial charge >= 0.3 is 5.97 Å². The van der Waals surface area contributed by atoms with Gasteiger partial charge in [0.1, 0.15) is 4.88 Å². The second kappa shape index (κ2) is 6.71. The van der Waals surface area contributed by atoms with Crippen molar-refractivity contribution in [3.8, 4) is 11.5 Å². The molecule has 1 aliphatic heterocycles. The first-order valence-corrected chi connectivity index (χ1v) is 7.83. The lowest BCUT2D eigenvalue weighted by Gasteiger charge is -1.98. The van der Waals surface area contributed by atoms with E-state index in [0.29, 0.717) is 27.2 Å². The Labute approximate surface area is 141 Å². The molecular formula is C16H14N2O5S. The molecule has 24 heavy (non-hydrogen) atoms. The number of aromatic nitrogens is 1. The summed E-state index contributed by atoms with van der Waals surface area (Å²) < 4.78 is 15.2. The van der Waals surface area contributed by atoms with Gasteiger partial charge in [-0.3, -0.25) is 10.1 Å². The summed E-state index contributed by atoms with van der Waals surface area (Å²) in [5.74, 6) is 0.514. The largest absolute Gasteiger partial charge is 0.465 e. The molecule has 7 nitrogen and oxygen atoms in total. The number of nitrogens with zero attached hydrogens (tertiary/aromatic N) is 1. The number of hydrogen-bond donors (Lipinski definition) is 1. The third-order valence-electron chi connectivity index (χ3n) is 3.22. The number of amides is 1. The zero-order valence-corrected chi connectivity index (χ0v) is 13.8. The number of aryl methyl sites for hydroxylation is 1. The van der Waals surface area contributed by atoms with Gasteiger partial charge in [-0.15, -0.1) is 0 Å². The Bertz CT molecular complexity index is 828. The van der Waals surface area contributed by atoms with Crippen LogP contribution >= 0.6 is 11.3 Å². The number of methoxy groups -OCH3 is 1. The molecular weight excluding hydrogens is 332 g/mol. The number of fused-ring (bicyclic) bond motifs is 1. The summed E-state index contributed by atoms with van der Waals surface area (Å²) in [6.45, 7) is 1.88. The average molecular weight is 346 g/mol. The van der Waals surface area contributed by atoms with Gasteiger partial charge in [-0.2, -0.15) is 0 Å². The van der Waals surface area contributed by atoms with Crippen molar-refractivity contribution in [3.63, 3.8) is 0 Å². The quantitative estimate of drug-likeness (QED) is 0.676. The zero-order chi connectivity index (χ0) is 17.1. The summed E-state index contributed by atoms with van der Waals surface area (Å²) in [4.78, 5) is 28.0. The summed E-state index contributed by atoms with van der Waals surface area (Å²) >= 11 is 1.07. The molecule has 0 bridgehead atoms. The zero-order valence-electron chi connectivity index (χ0n) is 13.0. The van der Waals surface area contributed by atoms with Crippen LogP contribution in [-0.4, -0.2) is 30.8 Å². The summed E-state index contributed by atoms with van der Waals surface area (Å²) in [6, 6.07) is 5.39. The molecule has 1 aromatic carbocycles. The van der Waals surface area contributed by atoms with E-state index in [4.69, 9.17) is 9.47 Å². The first kappa shape index (κ1) is 16.0. The van der Waals surface area contributed by atoms with Crippen LogP contribution in [0.2, 0.25) is 0 Å². The average Bonchev–Trinajstić information content (AvgIpc) is 3.18. The number of hydrogen-bond acceptors (Lipinski definition) is 7. The van der Waals surface area contributed by atoms with Gasteiger partial charge in [0.25, 0.3) is 0 Å². The molecule has 0 saturated carbocycles. The highest BCUT2D eigenvalue weighted by atomic mass is 32.1. The minimum absolute atomic E-state index is 0.203. The molecule has 124 valence electrons. The second-order valence-corrected chi connectivity index (χ2v) is 5.86. The smallest absolute Gasteiger partial charge is 0.350 e. The Balaban J connectivity index is 1.66. The number of benzene rings is 1. The molecule has 1 aliphatic rings. The molecule has 0 aliphatic carbocycles. The number of esters is 1. The number of anilines is 1. The Hall–Kier alpha value is -2.87. The van der Waals surface area contributed by atoms with Crippen molar-refractivity contribution in [3.05, 3.63) is 40.4 Å². The van der Waals surface area contributed by atoms with Crippen LogP contribution < -0.4 is 14.8 Å². The maximum Gasteiger partial charge on any atom is 0.350 e.